The van der Waals surface area contributed by atoms with Crippen LogP contribution in [0.2, 0.25) is 0 Å². The summed E-state index contributed by atoms with van der Waals surface area (Å²) in [5.74, 6) is -0.895. The first-order valence-electron chi connectivity index (χ1n) is 9.86. The molecule has 0 saturated carbocycles. The number of hydrogen-bond donors (Lipinski definition) is 0. The van der Waals surface area contributed by atoms with E-state index in [9.17, 15) is 9.59 Å². The number of carbonyl (C=O) groups excluding carboxylic acids is 2. The van der Waals surface area contributed by atoms with Crippen molar-refractivity contribution < 1.29 is 9.59 Å². The van der Waals surface area contributed by atoms with Crippen LogP contribution in [0.3, 0.4) is 0 Å². The predicted molar refractivity (Wildman–Crippen MR) is 113 cm³/mol. The smallest absolute Gasteiger partial charge is 0.283 e. The lowest BCUT2D eigenvalue weighted by molar-refractivity contribution is -0.139. The van der Waals surface area contributed by atoms with E-state index in [4.69, 9.17) is 0 Å². The molecule has 0 unspecified atom stereocenters. The summed E-state index contributed by atoms with van der Waals surface area (Å²) in [7, 11) is 0. The van der Waals surface area contributed by atoms with E-state index < -0.39 is 11.7 Å². The fraction of sp³-hybridized carbons (Fsp3) is 0.120. The molecule has 3 aromatic rings. The molecule has 0 aromatic heterocycles. The summed E-state index contributed by atoms with van der Waals surface area (Å²) in [6, 6.07) is 27.5. The molecule has 2 aliphatic rings. The van der Waals surface area contributed by atoms with Crippen LogP contribution >= 0.6 is 0 Å². The van der Waals surface area contributed by atoms with Gasteiger partial charge in [0, 0.05) is 11.1 Å². The van der Waals surface area contributed by atoms with Gasteiger partial charge in [0.2, 0.25) is 0 Å². The second-order valence-electron chi connectivity index (χ2n) is 7.27. The average Bonchev–Trinajstić information content (AvgIpc) is 2.92. The SMILES string of the molecule is O=C1C(=O)N(N(c2ccccc2)c2ccccc2)C2=C1CCCc1ccccc12. The summed E-state index contributed by atoms with van der Waals surface area (Å²) >= 11 is 0. The van der Waals surface area contributed by atoms with E-state index in [0.29, 0.717) is 12.0 Å². The van der Waals surface area contributed by atoms with Crippen LogP contribution in [0.15, 0.2) is 90.5 Å². The molecule has 0 spiro atoms. The van der Waals surface area contributed by atoms with Crippen LogP contribution in [0, 0.1) is 0 Å². The maximum atomic E-state index is 13.3. The molecule has 0 fully saturated rings. The summed E-state index contributed by atoms with van der Waals surface area (Å²) in [6.07, 6.45) is 2.37. The van der Waals surface area contributed by atoms with Crippen molar-refractivity contribution in [1.82, 2.24) is 5.01 Å². The summed E-state index contributed by atoms with van der Waals surface area (Å²) < 4.78 is 0. The van der Waals surface area contributed by atoms with Gasteiger partial charge < -0.3 is 0 Å². The highest BCUT2D eigenvalue weighted by Gasteiger charge is 2.43. The number of fused-ring (bicyclic) bond motifs is 2. The monoisotopic (exact) mass is 380 g/mol. The number of nitrogens with zero attached hydrogens (tertiary/aromatic N) is 2. The zero-order chi connectivity index (χ0) is 19.8. The molecular weight excluding hydrogens is 360 g/mol. The molecule has 3 aromatic carbocycles. The molecule has 1 aliphatic heterocycles. The van der Waals surface area contributed by atoms with Gasteiger partial charge in [0.25, 0.3) is 5.78 Å². The number of Topliss-reactive ketones (excluding diaryl/α,β-unsaturated/α-hetero) is 1. The molecule has 1 heterocycles. The van der Waals surface area contributed by atoms with Crippen LogP contribution in [0.4, 0.5) is 11.4 Å². The van der Waals surface area contributed by atoms with Crippen LogP contribution in [0.1, 0.15) is 24.0 Å². The lowest BCUT2D eigenvalue weighted by Gasteiger charge is -2.35. The van der Waals surface area contributed by atoms with Crippen molar-refractivity contribution in [3.05, 3.63) is 102 Å². The maximum absolute atomic E-state index is 13.3. The Hall–Kier alpha value is -3.66. The predicted octanol–water partition coefficient (Wildman–Crippen LogP) is 4.90. The summed E-state index contributed by atoms with van der Waals surface area (Å²) in [5.41, 5.74) is 5.14. The average molecular weight is 380 g/mol. The van der Waals surface area contributed by atoms with Crippen LogP contribution in [-0.4, -0.2) is 16.7 Å². The van der Waals surface area contributed by atoms with Gasteiger partial charge in [-0.3, -0.25) is 9.59 Å². The number of amides is 1. The van der Waals surface area contributed by atoms with Gasteiger partial charge in [-0.05, 0) is 49.1 Å². The Bertz CT molecular complexity index is 1080. The fourth-order valence-corrected chi connectivity index (χ4v) is 4.20. The fourth-order valence-electron chi connectivity index (χ4n) is 4.20. The highest BCUT2D eigenvalue weighted by atomic mass is 16.2. The number of ketones is 1. The topological polar surface area (TPSA) is 40.6 Å². The van der Waals surface area contributed by atoms with Crippen LogP contribution < -0.4 is 5.01 Å². The van der Waals surface area contributed by atoms with E-state index in [1.54, 1.807) is 5.01 Å². The lowest BCUT2D eigenvalue weighted by Crippen LogP contribution is -2.42. The minimum absolute atomic E-state index is 0.395. The van der Waals surface area contributed by atoms with Gasteiger partial charge in [-0.2, -0.15) is 0 Å². The van der Waals surface area contributed by atoms with Crippen LogP contribution in [0.25, 0.3) is 5.70 Å². The Labute approximate surface area is 169 Å². The summed E-state index contributed by atoms with van der Waals surface area (Å²) in [6.45, 7) is 0. The molecule has 0 bridgehead atoms. The van der Waals surface area contributed by atoms with Gasteiger partial charge in [0.05, 0.1) is 17.1 Å². The first-order chi connectivity index (χ1) is 14.3. The van der Waals surface area contributed by atoms with Gasteiger partial charge in [0.15, 0.2) is 0 Å². The second-order valence-corrected chi connectivity index (χ2v) is 7.27. The highest BCUT2D eigenvalue weighted by Crippen LogP contribution is 2.42. The normalized spacial score (nSPS) is 15.8. The first-order valence-corrected chi connectivity index (χ1v) is 9.86. The first kappa shape index (κ1) is 17.4. The van der Waals surface area contributed by atoms with E-state index in [2.05, 4.69) is 6.07 Å². The molecule has 5 rings (SSSR count). The second kappa shape index (κ2) is 7.06. The number of hydrogen-bond acceptors (Lipinski definition) is 3. The molecule has 1 aliphatic carbocycles. The Morgan fingerprint density at radius 1 is 0.690 bits per heavy atom. The molecule has 4 heteroatoms. The molecule has 4 nitrogen and oxygen atoms in total. The number of rotatable bonds is 3. The van der Waals surface area contributed by atoms with Gasteiger partial charge in [-0.15, -0.1) is 0 Å². The largest absolute Gasteiger partial charge is 0.318 e. The minimum Gasteiger partial charge on any atom is -0.283 e. The van der Waals surface area contributed by atoms with E-state index in [1.165, 1.54) is 5.56 Å². The van der Waals surface area contributed by atoms with E-state index in [0.717, 1.165) is 35.5 Å². The molecule has 142 valence electrons. The molecule has 0 saturated heterocycles. The van der Waals surface area contributed by atoms with Crippen molar-refractivity contribution in [2.45, 2.75) is 19.3 Å². The van der Waals surface area contributed by atoms with Gasteiger partial charge in [-0.1, -0.05) is 60.7 Å². The van der Waals surface area contributed by atoms with E-state index in [1.807, 2.05) is 83.9 Å². The third-order valence-corrected chi connectivity index (χ3v) is 5.51. The van der Waals surface area contributed by atoms with Crippen molar-refractivity contribution in [3.63, 3.8) is 0 Å². The standard InChI is InChI=1S/C25H20N2O2/c28-24-22-17-9-11-18-10-7-8-16-21(18)23(22)27(25(24)29)26(19-12-3-1-4-13-19)20-14-5-2-6-15-20/h1-8,10,12-16H,9,11,17H2. The number of para-hydroxylation sites is 2. The molecule has 0 atom stereocenters. The Kier molecular flexibility index (Phi) is 4.24. The molecular formula is C25H20N2O2. The van der Waals surface area contributed by atoms with Crippen molar-refractivity contribution in [2.24, 2.45) is 0 Å². The van der Waals surface area contributed by atoms with Crippen LogP contribution in [-0.2, 0) is 16.0 Å². The van der Waals surface area contributed by atoms with Crippen molar-refractivity contribution in [3.8, 4) is 0 Å². The minimum atomic E-state index is -0.501. The molecule has 0 N–H and O–H groups in total. The molecule has 1 amide bonds. The Morgan fingerprint density at radius 3 is 1.93 bits per heavy atom. The summed E-state index contributed by atoms with van der Waals surface area (Å²) in [4.78, 5) is 26.3. The van der Waals surface area contributed by atoms with E-state index in [-0.39, 0.29) is 0 Å². The molecule has 29 heavy (non-hydrogen) atoms. The van der Waals surface area contributed by atoms with Gasteiger partial charge in [0.1, 0.15) is 0 Å². The third kappa shape index (κ3) is 2.85. The Balaban J connectivity index is 1.75. The lowest BCUT2D eigenvalue weighted by atomic mass is 10.0. The van der Waals surface area contributed by atoms with Gasteiger partial charge in [-0.25, -0.2) is 10.0 Å². The van der Waals surface area contributed by atoms with Crippen LogP contribution in [0.5, 0.6) is 0 Å². The Morgan fingerprint density at radius 2 is 1.28 bits per heavy atom. The highest BCUT2D eigenvalue weighted by molar-refractivity contribution is 6.49. The summed E-state index contributed by atoms with van der Waals surface area (Å²) in [5, 5.41) is 3.43. The van der Waals surface area contributed by atoms with E-state index >= 15 is 0 Å². The quantitative estimate of drug-likeness (QED) is 0.607. The maximum Gasteiger partial charge on any atom is 0.318 e. The van der Waals surface area contributed by atoms with Crippen molar-refractivity contribution in [2.75, 3.05) is 5.01 Å². The van der Waals surface area contributed by atoms with Crippen molar-refractivity contribution >= 4 is 28.8 Å². The third-order valence-electron chi connectivity index (χ3n) is 5.51. The number of aryl methyl sites for hydroxylation is 1. The molecule has 0 radical (unpaired) electrons. The number of carbonyl (C=O) groups is 2. The van der Waals surface area contributed by atoms with Gasteiger partial charge >= 0.3 is 5.91 Å². The zero-order valence-electron chi connectivity index (χ0n) is 15.9. The van der Waals surface area contributed by atoms with Crippen molar-refractivity contribution in [1.29, 1.82) is 0 Å². The zero-order valence-corrected chi connectivity index (χ0v) is 15.9. The number of hydrazine groups is 1. The number of anilines is 2. The number of benzene rings is 3.